The average Bonchev–Trinajstić information content (AvgIpc) is 3.36. The van der Waals surface area contributed by atoms with Crippen LogP contribution in [0.15, 0.2) is 55.2 Å². The van der Waals surface area contributed by atoms with Crippen LogP contribution in [0, 0.1) is 13.8 Å². The largest absolute Gasteiger partial charge is 0.454 e. The van der Waals surface area contributed by atoms with Gasteiger partial charge in [-0.2, -0.15) is 0 Å². The van der Waals surface area contributed by atoms with Crippen LogP contribution in [0.3, 0.4) is 0 Å². The van der Waals surface area contributed by atoms with Gasteiger partial charge >= 0.3 is 5.63 Å². The van der Waals surface area contributed by atoms with Gasteiger partial charge in [-0.1, -0.05) is 11.8 Å². The zero-order valence-corrected chi connectivity index (χ0v) is 16.5. The zero-order chi connectivity index (χ0) is 20.0. The molecule has 146 valence electrons. The summed E-state index contributed by atoms with van der Waals surface area (Å²) in [5.41, 5.74) is 4.06. The van der Waals surface area contributed by atoms with Gasteiger partial charge in [0.15, 0.2) is 11.5 Å². The highest BCUT2D eigenvalue weighted by Crippen LogP contribution is 2.36. The Balaban J connectivity index is 1.40. The molecule has 0 fully saturated rings. The van der Waals surface area contributed by atoms with Gasteiger partial charge in [0.05, 0.1) is 0 Å². The van der Waals surface area contributed by atoms with Crippen molar-refractivity contribution in [3.8, 4) is 23.0 Å². The van der Waals surface area contributed by atoms with E-state index in [0.29, 0.717) is 33.9 Å². The standard InChI is InChI=1S/C21H16N2O5S/c1-11-5-15-14(8-19(24)27-17(15)6-12(11)2)9-29-21-23-22-20(28-21)13-3-4-16-18(7-13)26-10-25-16/h3-8H,9-10H2,1-2H3. The van der Waals surface area contributed by atoms with Crippen LogP contribution in [-0.4, -0.2) is 17.0 Å². The number of rotatable bonds is 4. The third-order valence-electron chi connectivity index (χ3n) is 4.82. The molecule has 8 heteroatoms. The van der Waals surface area contributed by atoms with Crippen molar-refractivity contribution in [3.05, 3.63) is 63.5 Å². The molecule has 2 aromatic carbocycles. The Morgan fingerprint density at radius 2 is 1.79 bits per heavy atom. The Labute approximate surface area is 169 Å². The van der Waals surface area contributed by atoms with Crippen molar-refractivity contribution in [1.82, 2.24) is 10.2 Å². The molecule has 4 aromatic rings. The predicted octanol–water partition coefficient (Wildman–Crippen LogP) is 4.48. The van der Waals surface area contributed by atoms with E-state index in [4.69, 9.17) is 18.3 Å². The highest BCUT2D eigenvalue weighted by molar-refractivity contribution is 7.98. The summed E-state index contributed by atoms with van der Waals surface area (Å²) in [5, 5.41) is 9.56. The monoisotopic (exact) mass is 408 g/mol. The van der Waals surface area contributed by atoms with Gasteiger partial charge in [-0.15, -0.1) is 10.2 Å². The number of hydrogen-bond acceptors (Lipinski definition) is 8. The van der Waals surface area contributed by atoms with Gasteiger partial charge in [-0.3, -0.25) is 0 Å². The quantitative estimate of drug-likeness (QED) is 0.361. The molecule has 0 saturated carbocycles. The first-order valence-electron chi connectivity index (χ1n) is 8.97. The summed E-state index contributed by atoms with van der Waals surface area (Å²) in [6.45, 7) is 4.24. The zero-order valence-electron chi connectivity index (χ0n) is 15.7. The molecular weight excluding hydrogens is 392 g/mol. The number of fused-ring (bicyclic) bond motifs is 2. The highest BCUT2D eigenvalue weighted by Gasteiger charge is 2.17. The molecule has 7 nitrogen and oxygen atoms in total. The first-order chi connectivity index (χ1) is 14.1. The van der Waals surface area contributed by atoms with Crippen molar-refractivity contribution in [1.29, 1.82) is 0 Å². The SMILES string of the molecule is Cc1cc2oc(=O)cc(CSc3nnc(-c4ccc5c(c4)OCO5)o3)c2cc1C. The fraction of sp³-hybridized carbons (Fsp3) is 0.190. The van der Waals surface area contributed by atoms with Gasteiger partial charge in [0, 0.05) is 22.8 Å². The van der Waals surface area contributed by atoms with Crippen molar-refractivity contribution in [2.45, 2.75) is 24.8 Å². The maximum absolute atomic E-state index is 11.9. The summed E-state index contributed by atoms with van der Waals surface area (Å²) >= 11 is 1.37. The third kappa shape index (κ3) is 3.36. The minimum Gasteiger partial charge on any atom is -0.454 e. The molecule has 29 heavy (non-hydrogen) atoms. The maximum Gasteiger partial charge on any atom is 0.336 e. The molecule has 0 N–H and O–H groups in total. The molecule has 2 aromatic heterocycles. The minimum atomic E-state index is -0.372. The smallest absolute Gasteiger partial charge is 0.336 e. The van der Waals surface area contributed by atoms with Gasteiger partial charge in [-0.05, 0) is 60.9 Å². The number of aryl methyl sites for hydroxylation is 2. The normalized spacial score (nSPS) is 12.6. The van der Waals surface area contributed by atoms with Crippen LogP contribution in [0.4, 0.5) is 0 Å². The van der Waals surface area contributed by atoms with Gasteiger partial charge < -0.3 is 18.3 Å². The number of nitrogens with zero attached hydrogens (tertiary/aromatic N) is 2. The summed E-state index contributed by atoms with van der Waals surface area (Å²) in [4.78, 5) is 11.9. The van der Waals surface area contributed by atoms with Crippen molar-refractivity contribution in [2.24, 2.45) is 0 Å². The van der Waals surface area contributed by atoms with E-state index in [9.17, 15) is 4.79 Å². The Bertz CT molecular complexity index is 1290. The molecule has 1 aliphatic rings. The van der Waals surface area contributed by atoms with Crippen LogP contribution in [-0.2, 0) is 5.75 Å². The molecule has 5 rings (SSSR count). The number of aromatic nitrogens is 2. The molecule has 0 bridgehead atoms. The summed E-state index contributed by atoms with van der Waals surface area (Å²) < 4.78 is 21.8. The maximum atomic E-state index is 11.9. The van der Waals surface area contributed by atoms with Crippen molar-refractivity contribution in [3.63, 3.8) is 0 Å². The lowest BCUT2D eigenvalue weighted by Gasteiger charge is -2.07. The Morgan fingerprint density at radius 1 is 0.966 bits per heavy atom. The van der Waals surface area contributed by atoms with Gasteiger partial charge in [0.25, 0.3) is 5.22 Å². The molecule has 0 aliphatic carbocycles. The van der Waals surface area contributed by atoms with E-state index in [-0.39, 0.29) is 12.4 Å². The van der Waals surface area contributed by atoms with Crippen LogP contribution in [0.2, 0.25) is 0 Å². The second-order valence-electron chi connectivity index (χ2n) is 6.75. The van der Waals surface area contributed by atoms with Crippen LogP contribution in [0.1, 0.15) is 16.7 Å². The molecule has 0 spiro atoms. The Kier molecular flexibility index (Phi) is 4.28. The molecule has 1 aliphatic heterocycles. The molecule has 0 unspecified atom stereocenters. The molecule has 3 heterocycles. The second kappa shape index (κ2) is 6.97. The molecule has 0 radical (unpaired) electrons. The van der Waals surface area contributed by atoms with Crippen LogP contribution < -0.4 is 15.1 Å². The van der Waals surface area contributed by atoms with Crippen molar-refractivity contribution < 1.29 is 18.3 Å². The average molecular weight is 408 g/mol. The first kappa shape index (κ1) is 17.8. The third-order valence-corrected chi connectivity index (χ3v) is 5.69. The van der Waals surface area contributed by atoms with Crippen LogP contribution >= 0.6 is 11.8 Å². The van der Waals surface area contributed by atoms with E-state index < -0.39 is 0 Å². The van der Waals surface area contributed by atoms with E-state index in [1.807, 2.05) is 44.2 Å². The molecule has 0 atom stereocenters. The van der Waals surface area contributed by atoms with E-state index in [0.717, 1.165) is 27.6 Å². The van der Waals surface area contributed by atoms with E-state index in [1.54, 1.807) is 0 Å². The van der Waals surface area contributed by atoms with Crippen molar-refractivity contribution >= 4 is 22.7 Å². The molecule has 0 saturated heterocycles. The number of benzene rings is 2. The topological polar surface area (TPSA) is 87.6 Å². The number of hydrogen-bond donors (Lipinski definition) is 0. The van der Waals surface area contributed by atoms with E-state index >= 15 is 0 Å². The lowest BCUT2D eigenvalue weighted by molar-refractivity contribution is 0.174. The Morgan fingerprint density at radius 3 is 2.69 bits per heavy atom. The lowest BCUT2D eigenvalue weighted by atomic mass is 10.0. The van der Waals surface area contributed by atoms with Gasteiger partial charge in [0.2, 0.25) is 12.7 Å². The summed E-state index contributed by atoms with van der Waals surface area (Å²) in [6.07, 6.45) is 0. The second-order valence-corrected chi connectivity index (χ2v) is 7.68. The van der Waals surface area contributed by atoms with Gasteiger partial charge in [-0.25, -0.2) is 4.79 Å². The van der Waals surface area contributed by atoms with Crippen LogP contribution in [0.5, 0.6) is 11.5 Å². The predicted molar refractivity (Wildman–Crippen MR) is 107 cm³/mol. The summed E-state index contributed by atoms with van der Waals surface area (Å²) in [6, 6.07) is 10.9. The Hall–Kier alpha value is -3.26. The first-order valence-corrected chi connectivity index (χ1v) is 9.96. The minimum absolute atomic E-state index is 0.210. The number of ether oxygens (including phenoxy) is 2. The number of thioether (sulfide) groups is 1. The fourth-order valence-electron chi connectivity index (χ4n) is 3.16. The van der Waals surface area contributed by atoms with Crippen molar-refractivity contribution in [2.75, 3.05) is 6.79 Å². The van der Waals surface area contributed by atoms with Crippen LogP contribution in [0.25, 0.3) is 22.4 Å². The highest BCUT2D eigenvalue weighted by atomic mass is 32.2. The van der Waals surface area contributed by atoms with Gasteiger partial charge in [0.1, 0.15) is 5.58 Å². The molecule has 0 amide bonds. The summed E-state index contributed by atoms with van der Waals surface area (Å²) in [7, 11) is 0. The van der Waals surface area contributed by atoms with E-state index in [1.165, 1.54) is 17.8 Å². The molecular formula is C21H16N2O5S. The lowest BCUT2D eigenvalue weighted by Crippen LogP contribution is -2.00. The van der Waals surface area contributed by atoms with E-state index in [2.05, 4.69) is 10.2 Å². The fourth-order valence-corrected chi connectivity index (χ4v) is 3.91. The summed E-state index contributed by atoms with van der Waals surface area (Å²) in [5.74, 6) is 2.26.